The molecule has 8 heteroatoms. The van der Waals surface area contributed by atoms with Gasteiger partial charge in [-0.05, 0) is 18.2 Å². The van der Waals surface area contributed by atoms with E-state index in [-0.39, 0.29) is 18.9 Å². The van der Waals surface area contributed by atoms with Crippen LogP contribution in [0.3, 0.4) is 0 Å². The van der Waals surface area contributed by atoms with Crippen LogP contribution in [0.25, 0.3) is 11.0 Å². The molecule has 110 valence electrons. The predicted octanol–water partition coefficient (Wildman–Crippen LogP) is 0.274. The van der Waals surface area contributed by atoms with Crippen molar-refractivity contribution in [2.24, 2.45) is 0 Å². The van der Waals surface area contributed by atoms with Crippen LogP contribution in [0.4, 0.5) is 0 Å². The zero-order chi connectivity index (χ0) is 14.8. The minimum atomic E-state index is -0.932. The maximum absolute atomic E-state index is 12.5. The normalized spacial score (nSPS) is 18.9. The van der Waals surface area contributed by atoms with Crippen LogP contribution < -0.4 is 0 Å². The van der Waals surface area contributed by atoms with Crippen LogP contribution in [0.2, 0.25) is 0 Å². The van der Waals surface area contributed by atoms with Gasteiger partial charge in [0, 0.05) is 18.7 Å². The van der Waals surface area contributed by atoms with E-state index in [1.54, 1.807) is 23.1 Å². The first kappa shape index (κ1) is 13.5. The van der Waals surface area contributed by atoms with E-state index in [2.05, 4.69) is 15.4 Å². The number of benzene rings is 1. The Bertz CT molecular complexity index is 684. The second-order valence-corrected chi connectivity index (χ2v) is 4.87. The van der Waals surface area contributed by atoms with Crippen LogP contribution >= 0.6 is 0 Å². The summed E-state index contributed by atoms with van der Waals surface area (Å²) in [5.41, 5.74) is 1.82. The number of aromatic amines is 1. The van der Waals surface area contributed by atoms with Gasteiger partial charge in [0.25, 0.3) is 5.91 Å². The maximum Gasteiger partial charge on any atom is 0.306 e. The van der Waals surface area contributed by atoms with Crippen molar-refractivity contribution < 1.29 is 19.4 Å². The summed E-state index contributed by atoms with van der Waals surface area (Å²) in [4.78, 5) is 24.8. The fraction of sp³-hybridized carbons (Fsp3) is 0.385. The lowest BCUT2D eigenvalue weighted by Crippen LogP contribution is -2.46. The molecule has 1 amide bonds. The third-order valence-corrected chi connectivity index (χ3v) is 3.39. The highest BCUT2D eigenvalue weighted by Crippen LogP contribution is 2.16. The molecule has 0 spiro atoms. The van der Waals surface area contributed by atoms with Gasteiger partial charge in [0.05, 0.1) is 19.1 Å². The first-order chi connectivity index (χ1) is 10.1. The average Bonchev–Trinajstić information content (AvgIpc) is 2.93. The third kappa shape index (κ3) is 2.84. The van der Waals surface area contributed by atoms with Crippen molar-refractivity contribution in [3.63, 3.8) is 0 Å². The van der Waals surface area contributed by atoms with E-state index in [1.807, 2.05) is 0 Å². The molecule has 0 aliphatic carbocycles. The summed E-state index contributed by atoms with van der Waals surface area (Å²) in [5.74, 6) is -1.09. The molecule has 0 saturated carbocycles. The molecule has 1 aromatic carbocycles. The number of carbonyl (C=O) groups excluding carboxylic acids is 1. The van der Waals surface area contributed by atoms with Crippen LogP contribution in [0.15, 0.2) is 18.2 Å². The molecule has 0 unspecified atom stereocenters. The summed E-state index contributed by atoms with van der Waals surface area (Å²) >= 11 is 0. The van der Waals surface area contributed by atoms with Gasteiger partial charge in [0.1, 0.15) is 11.0 Å². The Balaban J connectivity index is 1.75. The number of nitrogens with zero attached hydrogens (tertiary/aromatic N) is 3. The van der Waals surface area contributed by atoms with Crippen molar-refractivity contribution in [1.29, 1.82) is 0 Å². The Morgan fingerprint density at radius 3 is 3.00 bits per heavy atom. The van der Waals surface area contributed by atoms with Crippen molar-refractivity contribution >= 4 is 22.9 Å². The summed E-state index contributed by atoms with van der Waals surface area (Å²) in [6.45, 7) is 1.07. The van der Waals surface area contributed by atoms with E-state index < -0.39 is 12.1 Å². The number of hydrogen-bond acceptors (Lipinski definition) is 5. The first-order valence-corrected chi connectivity index (χ1v) is 6.56. The van der Waals surface area contributed by atoms with Gasteiger partial charge in [-0.25, -0.2) is 0 Å². The van der Waals surface area contributed by atoms with E-state index in [9.17, 15) is 9.59 Å². The molecule has 2 heterocycles. The Hall–Kier alpha value is -2.48. The molecule has 1 aliphatic heterocycles. The van der Waals surface area contributed by atoms with Gasteiger partial charge in [-0.3, -0.25) is 9.59 Å². The van der Waals surface area contributed by atoms with Gasteiger partial charge in [0.2, 0.25) is 0 Å². The smallest absolute Gasteiger partial charge is 0.306 e. The van der Waals surface area contributed by atoms with E-state index in [0.717, 1.165) is 0 Å². The molecule has 8 nitrogen and oxygen atoms in total. The van der Waals surface area contributed by atoms with Gasteiger partial charge >= 0.3 is 5.97 Å². The molecule has 1 saturated heterocycles. The zero-order valence-corrected chi connectivity index (χ0v) is 11.2. The molecule has 1 aliphatic rings. The fourth-order valence-electron chi connectivity index (χ4n) is 2.38. The first-order valence-electron chi connectivity index (χ1n) is 6.56. The van der Waals surface area contributed by atoms with Crippen LogP contribution in [-0.2, 0) is 9.53 Å². The summed E-state index contributed by atoms with van der Waals surface area (Å²) in [7, 11) is 0. The lowest BCUT2D eigenvalue weighted by atomic mass is 10.1. The molecule has 2 N–H and O–H groups in total. The Morgan fingerprint density at radius 2 is 2.19 bits per heavy atom. The highest BCUT2D eigenvalue weighted by Gasteiger charge is 2.26. The summed E-state index contributed by atoms with van der Waals surface area (Å²) in [6, 6.07) is 5.08. The molecule has 21 heavy (non-hydrogen) atoms. The number of carboxylic acid groups (broad SMARTS) is 1. The third-order valence-electron chi connectivity index (χ3n) is 3.39. The molecule has 0 bridgehead atoms. The van der Waals surface area contributed by atoms with Gasteiger partial charge < -0.3 is 14.7 Å². The minimum absolute atomic E-state index is 0.105. The van der Waals surface area contributed by atoms with Crippen LogP contribution in [-0.4, -0.2) is 63.1 Å². The molecular formula is C13H14N4O4. The fourth-order valence-corrected chi connectivity index (χ4v) is 2.38. The second-order valence-electron chi connectivity index (χ2n) is 4.87. The second kappa shape index (κ2) is 5.49. The van der Waals surface area contributed by atoms with Crippen molar-refractivity contribution in [1.82, 2.24) is 20.3 Å². The number of rotatable bonds is 3. The van der Waals surface area contributed by atoms with Gasteiger partial charge in [0.15, 0.2) is 0 Å². The van der Waals surface area contributed by atoms with E-state index in [0.29, 0.717) is 29.7 Å². The standard InChI is InChI=1S/C13H14N4O4/c18-12(19)6-9-7-17(3-4-21-9)13(20)8-1-2-10-11(5-8)15-16-14-10/h1-2,5,9H,3-4,6-7H2,(H,18,19)(H,14,15,16)/t9-/m0/s1. The quantitative estimate of drug-likeness (QED) is 0.840. The zero-order valence-electron chi connectivity index (χ0n) is 11.2. The number of ether oxygens (including phenoxy) is 1. The number of morpholine rings is 1. The average molecular weight is 290 g/mol. The van der Waals surface area contributed by atoms with Crippen molar-refractivity contribution in [2.75, 3.05) is 19.7 Å². The number of carbonyl (C=O) groups is 2. The molecule has 2 aromatic rings. The monoisotopic (exact) mass is 290 g/mol. The molecule has 1 aromatic heterocycles. The van der Waals surface area contributed by atoms with E-state index >= 15 is 0 Å². The largest absolute Gasteiger partial charge is 0.481 e. The SMILES string of the molecule is O=C(O)C[C@H]1CN(C(=O)c2ccc3n[nH]nc3c2)CCO1. The Labute approximate surface area is 119 Å². The molecule has 3 rings (SSSR count). The number of hydrogen-bond donors (Lipinski definition) is 2. The lowest BCUT2D eigenvalue weighted by molar-refractivity contribution is -0.141. The number of amides is 1. The van der Waals surface area contributed by atoms with Gasteiger partial charge in [-0.1, -0.05) is 0 Å². The molecule has 0 radical (unpaired) electrons. The number of fused-ring (bicyclic) bond motifs is 1. The molecular weight excluding hydrogens is 276 g/mol. The highest BCUT2D eigenvalue weighted by atomic mass is 16.5. The highest BCUT2D eigenvalue weighted by molar-refractivity contribution is 5.97. The number of nitrogens with one attached hydrogen (secondary N) is 1. The van der Waals surface area contributed by atoms with Crippen molar-refractivity contribution in [3.05, 3.63) is 23.8 Å². The summed E-state index contributed by atoms with van der Waals surface area (Å²) in [5, 5.41) is 19.2. The maximum atomic E-state index is 12.5. The van der Waals surface area contributed by atoms with Crippen molar-refractivity contribution in [2.45, 2.75) is 12.5 Å². The van der Waals surface area contributed by atoms with Gasteiger partial charge in [-0.15, -0.1) is 0 Å². The number of aromatic nitrogens is 3. The van der Waals surface area contributed by atoms with Crippen LogP contribution in [0, 0.1) is 0 Å². The molecule has 1 atom stereocenters. The van der Waals surface area contributed by atoms with Crippen LogP contribution in [0.5, 0.6) is 0 Å². The number of H-pyrrole nitrogens is 1. The Kier molecular flexibility index (Phi) is 3.53. The Morgan fingerprint density at radius 1 is 1.38 bits per heavy atom. The van der Waals surface area contributed by atoms with Crippen molar-refractivity contribution in [3.8, 4) is 0 Å². The summed E-state index contributed by atoms with van der Waals surface area (Å²) in [6.07, 6.45) is -0.567. The van der Waals surface area contributed by atoms with Crippen LogP contribution in [0.1, 0.15) is 16.8 Å². The van der Waals surface area contributed by atoms with E-state index in [4.69, 9.17) is 9.84 Å². The number of aliphatic carboxylic acids is 1. The lowest BCUT2D eigenvalue weighted by Gasteiger charge is -2.32. The van der Waals surface area contributed by atoms with Gasteiger partial charge in [-0.2, -0.15) is 15.4 Å². The predicted molar refractivity (Wildman–Crippen MR) is 71.8 cm³/mol. The summed E-state index contributed by atoms with van der Waals surface area (Å²) < 4.78 is 5.36. The minimum Gasteiger partial charge on any atom is -0.481 e. The molecule has 1 fully saturated rings. The topological polar surface area (TPSA) is 108 Å². The van der Waals surface area contributed by atoms with E-state index in [1.165, 1.54) is 0 Å². The number of carboxylic acids is 1.